The Labute approximate surface area is 352 Å². The van der Waals surface area contributed by atoms with Gasteiger partial charge in [-0.15, -0.1) is 22.7 Å². The van der Waals surface area contributed by atoms with E-state index >= 15 is 0 Å². The third kappa shape index (κ3) is 31.9. The molecule has 0 aliphatic carbocycles. The van der Waals surface area contributed by atoms with E-state index < -0.39 is 0 Å². The van der Waals surface area contributed by atoms with Gasteiger partial charge in [0.05, 0.1) is 16.8 Å². The first kappa shape index (κ1) is 49.6. The van der Waals surface area contributed by atoms with Crippen LogP contribution in [0.15, 0.2) is 165 Å². The lowest BCUT2D eigenvalue weighted by Crippen LogP contribution is -1.88. The molecule has 0 unspecified atom stereocenters. The number of hydrogen-bond acceptors (Lipinski definition) is 9. The van der Waals surface area contributed by atoms with Crippen LogP contribution in [-0.2, 0) is 0 Å². The van der Waals surface area contributed by atoms with Crippen LogP contribution in [0, 0.1) is 62.3 Å². The van der Waals surface area contributed by atoms with Crippen LogP contribution in [-0.4, -0.2) is 49.8 Å². The van der Waals surface area contributed by atoms with Crippen LogP contribution >= 0.6 is 22.7 Å². The molecule has 0 saturated heterocycles. The second-order valence-electron chi connectivity index (χ2n) is 12.0. The van der Waals surface area contributed by atoms with Crippen molar-refractivity contribution in [3.05, 3.63) is 214 Å². The number of nitrogens with one attached hydrogen (secondary N) is 4. The zero-order valence-corrected chi connectivity index (χ0v) is 36.7. The van der Waals surface area contributed by atoms with E-state index in [1.807, 2.05) is 146 Å². The van der Waals surface area contributed by atoms with E-state index in [9.17, 15) is 0 Å². The highest BCUT2D eigenvalue weighted by Crippen LogP contribution is 2.00. The molecule has 4 N–H and O–H groups in total. The summed E-state index contributed by atoms with van der Waals surface area (Å²) in [4.78, 5) is 40.0. The molecule has 0 spiro atoms. The highest BCUT2D eigenvalue weighted by Gasteiger charge is 1.82. The number of aryl methyl sites for hydroxylation is 9. The number of imidazole rings is 3. The van der Waals surface area contributed by atoms with Crippen molar-refractivity contribution in [1.82, 2.24) is 49.8 Å². The summed E-state index contributed by atoms with van der Waals surface area (Å²) in [5, 5.41) is 3.10. The van der Waals surface area contributed by atoms with E-state index in [0.717, 1.165) is 27.9 Å². The van der Waals surface area contributed by atoms with Crippen molar-refractivity contribution in [2.45, 2.75) is 62.3 Å². The molecule has 9 rings (SSSR count). The van der Waals surface area contributed by atoms with Crippen LogP contribution in [0.25, 0.3) is 0 Å². The zero-order valence-electron chi connectivity index (χ0n) is 35.0. The quantitative estimate of drug-likeness (QED) is 0.138. The lowest BCUT2D eigenvalue weighted by molar-refractivity contribution is -0.376. The van der Waals surface area contributed by atoms with Crippen LogP contribution in [0.2, 0.25) is 0 Å². The van der Waals surface area contributed by atoms with E-state index in [1.54, 1.807) is 84.9 Å². The Balaban J connectivity index is 0.000000327. The number of aromatic amines is 4. The lowest BCUT2D eigenvalue weighted by Gasteiger charge is -1.82. The monoisotopic (exact) mass is 816 g/mol. The molecule has 1 aromatic carbocycles. The summed E-state index contributed by atoms with van der Waals surface area (Å²) in [6.45, 7) is 18.0. The van der Waals surface area contributed by atoms with E-state index in [1.165, 1.54) is 21.6 Å². The van der Waals surface area contributed by atoms with Gasteiger partial charge in [-0.2, -0.15) is 0 Å². The van der Waals surface area contributed by atoms with Crippen molar-refractivity contribution in [3.8, 4) is 0 Å². The van der Waals surface area contributed by atoms with Crippen LogP contribution in [0.5, 0.6) is 0 Å². The summed E-state index contributed by atoms with van der Waals surface area (Å²) in [6.07, 6.45) is 23.3. The molecule has 0 radical (unpaired) electrons. The van der Waals surface area contributed by atoms with Gasteiger partial charge in [-0.25, -0.2) is 15.0 Å². The van der Waals surface area contributed by atoms with Crippen LogP contribution in [0.3, 0.4) is 0 Å². The van der Waals surface area contributed by atoms with Crippen molar-refractivity contribution in [1.29, 1.82) is 0 Å². The molecule has 13 heteroatoms. The van der Waals surface area contributed by atoms with E-state index in [0.29, 0.717) is 0 Å². The summed E-state index contributed by atoms with van der Waals surface area (Å²) < 4.78 is 0. The molecule has 8 aromatic heterocycles. The minimum Gasteiger partial charge on any atom is -0.349 e. The largest absolute Gasteiger partial charge is 0.349 e. The predicted octanol–water partition coefficient (Wildman–Crippen LogP) is 10.6. The fourth-order valence-electron chi connectivity index (χ4n) is 3.46. The lowest BCUT2D eigenvalue weighted by atomic mass is 10.2. The third-order valence-corrected chi connectivity index (χ3v) is 7.88. The molecule has 0 aliphatic heterocycles. The Morgan fingerprint density at radius 3 is 1.45 bits per heavy atom. The molecule has 11 nitrogen and oxygen atoms in total. The maximum atomic E-state index is 3.98. The molecule has 58 heavy (non-hydrogen) atoms. The van der Waals surface area contributed by atoms with Gasteiger partial charge in [-0.1, -0.05) is 48.0 Å². The minimum atomic E-state index is 0.968. The Kier molecular flexibility index (Phi) is 28.9. The normalized spacial score (nSPS) is 8.78. The smallest absolute Gasteiger partial charge is 0.239 e. The third-order valence-electron chi connectivity index (χ3n) is 6.47. The van der Waals surface area contributed by atoms with Crippen LogP contribution < -0.4 is 4.98 Å². The molecular weight excluding hydrogens is 759 g/mol. The highest BCUT2D eigenvalue weighted by molar-refractivity contribution is 7.09. The maximum absolute atomic E-state index is 3.98. The van der Waals surface area contributed by atoms with Gasteiger partial charge in [0.2, 0.25) is 6.33 Å². The fraction of sp³-hybridized carbons (Fsp3) is 0.200. The fourth-order valence-corrected chi connectivity index (χ4v) is 4.31. The van der Waals surface area contributed by atoms with Crippen LogP contribution in [0.4, 0.5) is 0 Å². The van der Waals surface area contributed by atoms with Crippen LogP contribution in [0.1, 0.15) is 49.5 Å². The number of H-pyrrole nitrogens is 4. The molecule has 0 aliphatic rings. The molecular formula is C45H58N11S2+. The molecule has 0 bridgehead atoms. The topological polar surface area (TPSA) is 152 Å². The Bertz CT molecular complexity index is 1740. The number of aromatic nitrogens is 11. The summed E-state index contributed by atoms with van der Waals surface area (Å²) in [7, 11) is 0. The molecule has 0 saturated carbocycles. The van der Waals surface area contributed by atoms with E-state index in [4.69, 9.17) is 0 Å². The molecule has 0 atom stereocenters. The summed E-state index contributed by atoms with van der Waals surface area (Å²) in [5.41, 5.74) is 8.96. The van der Waals surface area contributed by atoms with Gasteiger partial charge in [0.15, 0.2) is 0 Å². The maximum Gasteiger partial charge on any atom is 0.239 e. The molecule has 0 fully saturated rings. The van der Waals surface area contributed by atoms with Gasteiger partial charge in [0.25, 0.3) is 0 Å². The number of pyridine rings is 3. The first-order valence-corrected chi connectivity index (χ1v) is 20.1. The second kappa shape index (κ2) is 33.9. The first-order valence-electron chi connectivity index (χ1n) is 18.3. The van der Waals surface area contributed by atoms with Crippen molar-refractivity contribution in [2.75, 3.05) is 0 Å². The Morgan fingerprint density at radius 2 is 1.22 bits per heavy atom. The number of rotatable bonds is 0. The summed E-state index contributed by atoms with van der Waals surface area (Å²) in [6, 6.07) is 24.0. The number of benzene rings is 1. The predicted molar refractivity (Wildman–Crippen MR) is 241 cm³/mol. The SMILES string of the molecule is Cc1c[nH+]c[nH]1.Cc1ccccc1.Cc1ccccn1.Cc1cccnc1.Cc1ccncc1.Cc1cnc[nH]1.Cc1cncs1.Cc1ncc[nH]1.Cc1nccs1. The van der Waals surface area contributed by atoms with Crippen molar-refractivity contribution in [2.24, 2.45) is 0 Å². The summed E-state index contributed by atoms with van der Waals surface area (Å²) >= 11 is 3.33. The number of nitrogens with zero attached hydrogens (tertiary/aromatic N) is 7. The Morgan fingerprint density at radius 1 is 0.500 bits per heavy atom. The van der Waals surface area contributed by atoms with Gasteiger partial charge in [0.1, 0.15) is 17.7 Å². The molecule has 0 amide bonds. The first-order chi connectivity index (χ1) is 28.0. The van der Waals surface area contributed by atoms with Gasteiger partial charge >= 0.3 is 0 Å². The van der Waals surface area contributed by atoms with E-state index in [2.05, 4.69) is 73.9 Å². The van der Waals surface area contributed by atoms with Gasteiger partial charge in [-0.05, 0) is 96.8 Å². The van der Waals surface area contributed by atoms with Gasteiger partial charge in [-0.3, -0.25) is 29.9 Å². The average Bonchev–Trinajstić information content (AvgIpc) is 4.10. The second-order valence-corrected chi connectivity index (χ2v) is 14.2. The van der Waals surface area contributed by atoms with Crippen molar-refractivity contribution >= 4 is 22.7 Å². The van der Waals surface area contributed by atoms with Crippen molar-refractivity contribution in [3.63, 3.8) is 0 Å². The standard InChI is InChI=1S/C7H8.3C6H7N.3C4H6N2.2C4H5NS/c1-7-5-3-2-4-6-7;1-6-2-4-7-5-3-6;1-6-3-2-4-7-5-6;1-6-4-2-3-5-7-6;2*1-4-2-5-3-6-4;1-4-5-2-3-6-4;1-4-2-5-3-6-4;1-4-5-2-3-6-4/h2-6H,1H3;3*2-5H,1H3;3*2-3H,1H3,(H,5,6);2*2-3H,1H3/p+1. The number of hydrogen-bond donors (Lipinski definition) is 3. The highest BCUT2D eigenvalue weighted by atomic mass is 32.1. The van der Waals surface area contributed by atoms with Crippen molar-refractivity contribution < 1.29 is 4.98 Å². The molecule has 304 valence electrons. The minimum absolute atomic E-state index is 0.968. The zero-order chi connectivity index (χ0) is 42.5. The Hall–Kier alpha value is -6.44. The molecule has 8 heterocycles. The molecule has 9 aromatic rings. The van der Waals surface area contributed by atoms with E-state index in [-0.39, 0.29) is 0 Å². The van der Waals surface area contributed by atoms with Gasteiger partial charge < -0.3 is 9.97 Å². The number of thiazole rings is 2. The van der Waals surface area contributed by atoms with Gasteiger partial charge in [0, 0.05) is 90.5 Å². The average molecular weight is 817 g/mol. The summed E-state index contributed by atoms with van der Waals surface area (Å²) in [5.74, 6) is 0.968.